The third-order valence-corrected chi connectivity index (χ3v) is 3.52. The first-order chi connectivity index (χ1) is 8.21. The lowest BCUT2D eigenvalue weighted by Gasteiger charge is -2.10. The maximum absolute atomic E-state index is 11.1. The van der Waals surface area contributed by atoms with E-state index in [0.29, 0.717) is 5.56 Å². The lowest BCUT2D eigenvalue weighted by atomic mass is 10.1. The number of hydrogen-bond donors (Lipinski definition) is 1. The SMILES string of the molecule is CC(C)OCc1ccc(S(=O)(=O)Cl)cc1C(=O)O. The van der Waals surface area contributed by atoms with E-state index in [-0.39, 0.29) is 23.2 Å². The minimum absolute atomic E-state index is 0.0527. The first-order valence-corrected chi connectivity index (χ1v) is 7.45. The lowest BCUT2D eigenvalue weighted by Crippen LogP contribution is -2.09. The van der Waals surface area contributed by atoms with Gasteiger partial charge >= 0.3 is 5.97 Å². The van der Waals surface area contributed by atoms with Gasteiger partial charge in [-0.25, -0.2) is 13.2 Å². The number of carbonyl (C=O) groups is 1. The van der Waals surface area contributed by atoms with Gasteiger partial charge in [0.1, 0.15) is 0 Å². The van der Waals surface area contributed by atoms with Crippen LogP contribution >= 0.6 is 10.7 Å². The molecule has 0 saturated heterocycles. The molecule has 1 rings (SSSR count). The molecule has 0 aromatic heterocycles. The van der Waals surface area contributed by atoms with Crippen LogP contribution in [0.25, 0.3) is 0 Å². The molecule has 0 aliphatic rings. The molecule has 1 aromatic rings. The number of aromatic carboxylic acids is 1. The second-order valence-electron chi connectivity index (χ2n) is 3.92. The molecule has 1 N–H and O–H groups in total. The summed E-state index contributed by atoms with van der Waals surface area (Å²) in [6.45, 7) is 3.73. The van der Waals surface area contributed by atoms with Crippen LogP contribution in [0.3, 0.4) is 0 Å². The summed E-state index contributed by atoms with van der Waals surface area (Å²) in [5, 5.41) is 9.03. The smallest absolute Gasteiger partial charge is 0.336 e. The summed E-state index contributed by atoms with van der Waals surface area (Å²) in [4.78, 5) is 10.8. The van der Waals surface area contributed by atoms with E-state index in [4.69, 9.17) is 20.5 Å². The number of carboxylic acid groups (broad SMARTS) is 1. The Labute approximate surface area is 110 Å². The van der Waals surface area contributed by atoms with E-state index in [1.165, 1.54) is 12.1 Å². The highest BCUT2D eigenvalue weighted by Crippen LogP contribution is 2.20. The second-order valence-corrected chi connectivity index (χ2v) is 6.49. The van der Waals surface area contributed by atoms with Crippen LogP contribution in [0.4, 0.5) is 0 Å². The van der Waals surface area contributed by atoms with Gasteiger partial charge in [0, 0.05) is 10.7 Å². The summed E-state index contributed by atoms with van der Waals surface area (Å²) in [6, 6.07) is 3.68. The highest BCUT2D eigenvalue weighted by molar-refractivity contribution is 8.13. The molecule has 0 heterocycles. The summed E-state index contributed by atoms with van der Waals surface area (Å²) in [7, 11) is 1.22. The van der Waals surface area contributed by atoms with Crippen LogP contribution < -0.4 is 0 Å². The van der Waals surface area contributed by atoms with Crippen LogP contribution in [0.2, 0.25) is 0 Å². The Balaban J connectivity index is 3.17. The van der Waals surface area contributed by atoms with Crippen molar-refractivity contribution in [1.29, 1.82) is 0 Å². The number of rotatable bonds is 5. The van der Waals surface area contributed by atoms with Crippen molar-refractivity contribution in [2.45, 2.75) is 31.5 Å². The van der Waals surface area contributed by atoms with Crippen LogP contribution in [0.15, 0.2) is 23.1 Å². The molecule has 7 heteroatoms. The largest absolute Gasteiger partial charge is 0.478 e. The zero-order valence-corrected chi connectivity index (χ0v) is 11.5. The molecule has 100 valence electrons. The van der Waals surface area contributed by atoms with Crippen molar-refractivity contribution in [3.05, 3.63) is 29.3 Å². The van der Waals surface area contributed by atoms with Crippen molar-refractivity contribution in [2.24, 2.45) is 0 Å². The molecule has 1 aromatic carbocycles. The van der Waals surface area contributed by atoms with E-state index in [0.717, 1.165) is 6.07 Å². The minimum atomic E-state index is -3.94. The fourth-order valence-electron chi connectivity index (χ4n) is 1.29. The average Bonchev–Trinajstić information content (AvgIpc) is 2.24. The first-order valence-electron chi connectivity index (χ1n) is 5.14. The molecular formula is C11H13ClO5S. The van der Waals surface area contributed by atoms with E-state index >= 15 is 0 Å². The zero-order valence-electron chi connectivity index (χ0n) is 9.88. The topological polar surface area (TPSA) is 80.7 Å². The van der Waals surface area contributed by atoms with Gasteiger partial charge in [0.25, 0.3) is 9.05 Å². The van der Waals surface area contributed by atoms with Gasteiger partial charge in [-0.15, -0.1) is 0 Å². The molecule has 5 nitrogen and oxygen atoms in total. The zero-order chi connectivity index (χ0) is 13.9. The summed E-state index contributed by atoms with van der Waals surface area (Å²) in [6.07, 6.45) is -0.0527. The number of benzene rings is 1. The Bertz CT molecular complexity index is 551. The Morgan fingerprint density at radius 3 is 2.50 bits per heavy atom. The lowest BCUT2D eigenvalue weighted by molar-refractivity contribution is 0.0606. The van der Waals surface area contributed by atoms with Crippen molar-refractivity contribution >= 4 is 25.7 Å². The summed E-state index contributed by atoms with van der Waals surface area (Å²) in [5.41, 5.74) is 0.276. The molecule has 0 aliphatic carbocycles. The Kier molecular flexibility index (Phi) is 4.72. The van der Waals surface area contributed by atoms with Crippen molar-refractivity contribution in [3.63, 3.8) is 0 Å². The Hall–Kier alpha value is -1.11. The van der Waals surface area contributed by atoms with Crippen molar-refractivity contribution in [2.75, 3.05) is 0 Å². The fourth-order valence-corrected chi connectivity index (χ4v) is 2.07. The maximum Gasteiger partial charge on any atom is 0.336 e. The van der Waals surface area contributed by atoms with Crippen molar-refractivity contribution in [1.82, 2.24) is 0 Å². The quantitative estimate of drug-likeness (QED) is 0.842. The molecule has 0 saturated carbocycles. The molecule has 0 spiro atoms. The monoisotopic (exact) mass is 292 g/mol. The number of ether oxygens (including phenoxy) is 1. The van der Waals surface area contributed by atoms with E-state index in [1.54, 1.807) is 0 Å². The Morgan fingerprint density at radius 1 is 1.44 bits per heavy atom. The summed E-state index contributed by atoms with van der Waals surface area (Å²) >= 11 is 0. The Morgan fingerprint density at radius 2 is 2.06 bits per heavy atom. The highest BCUT2D eigenvalue weighted by atomic mass is 35.7. The van der Waals surface area contributed by atoms with Gasteiger partial charge in [0.05, 0.1) is 23.2 Å². The number of carboxylic acids is 1. The third kappa shape index (κ3) is 3.97. The summed E-state index contributed by atoms with van der Waals surface area (Å²) in [5.74, 6) is -1.22. The van der Waals surface area contributed by atoms with E-state index < -0.39 is 15.0 Å². The standard InChI is InChI=1S/C11H13ClO5S/c1-7(2)17-6-8-3-4-9(18(12,15)16)5-10(8)11(13)14/h3-5,7H,6H2,1-2H3,(H,13,14). The molecule has 18 heavy (non-hydrogen) atoms. The molecule has 0 unspecified atom stereocenters. The van der Waals surface area contributed by atoms with Crippen molar-refractivity contribution in [3.8, 4) is 0 Å². The minimum Gasteiger partial charge on any atom is -0.478 e. The van der Waals surface area contributed by atoms with Gasteiger partial charge in [0.15, 0.2) is 0 Å². The molecule has 0 fully saturated rings. The van der Waals surface area contributed by atoms with E-state index in [1.807, 2.05) is 13.8 Å². The fraction of sp³-hybridized carbons (Fsp3) is 0.364. The van der Waals surface area contributed by atoms with Crippen LogP contribution in [0.5, 0.6) is 0 Å². The van der Waals surface area contributed by atoms with Gasteiger partial charge in [-0.05, 0) is 31.5 Å². The van der Waals surface area contributed by atoms with E-state index in [2.05, 4.69) is 0 Å². The highest BCUT2D eigenvalue weighted by Gasteiger charge is 2.17. The molecular weight excluding hydrogens is 280 g/mol. The van der Waals surface area contributed by atoms with Gasteiger partial charge in [-0.2, -0.15) is 0 Å². The molecule has 0 bridgehead atoms. The predicted octanol–water partition coefficient (Wildman–Crippen LogP) is 2.24. The van der Waals surface area contributed by atoms with Gasteiger partial charge in [-0.3, -0.25) is 0 Å². The van der Waals surface area contributed by atoms with Gasteiger partial charge in [-0.1, -0.05) is 6.07 Å². The average molecular weight is 293 g/mol. The molecule has 0 atom stereocenters. The molecule has 0 aliphatic heterocycles. The summed E-state index contributed by atoms with van der Waals surface area (Å²) < 4.78 is 27.6. The normalized spacial score (nSPS) is 11.8. The van der Waals surface area contributed by atoms with Crippen LogP contribution in [-0.2, 0) is 20.4 Å². The third-order valence-electron chi connectivity index (χ3n) is 2.17. The van der Waals surface area contributed by atoms with Crippen LogP contribution in [0.1, 0.15) is 29.8 Å². The first kappa shape index (κ1) is 14.9. The van der Waals surface area contributed by atoms with Crippen LogP contribution in [-0.4, -0.2) is 25.6 Å². The second kappa shape index (κ2) is 5.69. The van der Waals surface area contributed by atoms with Gasteiger partial charge in [0.2, 0.25) is 0 Å². The predicted molar refractivity (Wildman–Crippen MR) is 66.4 cm³/mol. The van der Waals surface area contributed by atoms with E-state index in [9.17, 15) is 13.2 Å². The maximum atomic E-state index is 11.1. The number of halogens is 1. The van der Waals surface area contributed by atoms with Crippen molar-refractivity contribution < 1.29 is 23.1 Å². The molecule has 0 radical (unpaired) electrons. The van der Waals surface area contributed by atoms with Crippen LogP contribution in [0, 0.1) is 0 Å². The number of hydrogen-bond acceptors (Lipinski definition) is 4. The van der Waals surface area contributed by atoms with Gasteiger partial charge < -0.3 is 9.84 Å². The molecule has 0 amide bonds.